The zero-order valence-corrected chi connectivity index (χ0v) is 28.6. The Morgan fingerprint density at radius 1 is 0.269 bits per heavy atom. The van der Waals surface area contributed by atoms with Crippen LogP contribution in [0.3, 0.4) is 0 Å². The number of rotatable bonds is 8. The third kappa shape index (κ3) is 6.30. The quantitative estimate of drug-likeness (QED) is 0.161. The van der Waals surface area contributed by atoms with Crippen molar-refractivity contribution in [1.29, 1.82) is 0 Å². The minimum absolute atomic E-state index is 0.847. The number of benzene rings is 8. The van der Waals surface area contributed by atoms with Crippen LogP contribution in [-0.2, 0) is 0 Å². The Labute approximate surface area is 304 Å². The molecule has 0 saturated heterocycles. The molecule has 0 fully saturated rings. The molecule has 0 amide bonds. The average molecular weight is 666 g/mol. The first-order valence-electron chi connectivity index (χ1n) is 17.7. The van der Waals surface area contributed by atoms with Gasteiger partial charge in [0.25, 0.3) is 0 Å². The zero-order chi connectivity index (χ0) is 34.7. The summed E-state index contributed by atoms with van der Waals surface area (Å²) in [4.78, 5) is 2.36. The molecule has 0 atom stereocenters. The summed E-state index contributed by atoms with van der Waals surface area (Å²) in [6, 6.07) is 75.3. The summed E-state index contributed by atoms with van der Waals surface area (Å²) in [5.74, 6) is 0.847. The lowest BCUT2D eigenvalue weighted by Crippen LogP contribution is -2.10. The first-order valence-corrected chi connectivity index (χ1v) is 17.7. The molecule has 52 heavy (non-hydrogen) atoms. The van der Waals surface area contributed by atoms with E-state index in [1.54, 1.807) is 0 Å². The summed E-state index contributed by atoms with van der Waals surface area (Å²) in [6.07, 6.45) is 0. The van der Waals surface area contributed by atoms with E-state index in [0.29, 0.717) is 0 Å². The van der Waals surface area contributed by atoms with Crippen LogP contribution in [-0.4, -0.2) is 0 Å². The van der Waals surface area contributed by atoms with Gasteiger partial charge in [0.15, 0.2) is 0 Å². The molecule has 0 aliphatic carbocycles. The van der Waals surface area contributed by atoms with Crippen molar-refractivity contribution in [3.05, 3.63) is 212 Å². The molecule has 8 aromatic carbocycles. The number of furan rings is 1. The fourth-order valence-electron chi connectivity index (χ4n) is 7.02. The highest BCUT2D eigenvalue weighted by molar-refractivity contribution is 5.88. The fourth-order valence-corrected chi connectivity index (χ4v) is 7.02. The highest BCUT2D eigenvalue weighted by atomic mass is 16.3. The molecule has 2 heteroatoms. The topological polar surface area (TPSA) is 16.4 Å². The van der Waals surface area contributed by atoms with Gasteiger partial charge in [0.05, 0.1) is 0 Å². The van der Waals surface area contributed by atoms with Gasteiger partial charge in [-0.2, -0.15) is 0 Å². The molecule has 0 spiro atoms. The van der Waals surface area contributed by atoms with Gasteiger partial charge in [-0.05, 0) is 105 Å². The summed E-state index contributed by atoms with van der Waals surface area (Å²) < 4.78 is 6.34. The summed E-state index contributed by atoms with van der Waals surface area (Å²) in [5.41, 5.74) is 14.5. The minimum atomic E-state index is 0.847. The van der Waals surface area contributed by atoms with Gasteiger partial charge < -0.3 is 9.32 Å². The van der Waals surface area contributed by atoms with Crippen molar-refractivity contribution in [3.8, 4) is 55.8 Å². The van der Waals surface area contributed by atoms with Crippen LogP contribution in [0.2, 0.25) is 0 Å². The van der Waals surface area contributed by atoms with E-state index in [0.717, 1.165) is 50.5 Å². The molecule has 1 heterocycles. The van der Waals surface area contributed by atoms with Crippen molar-refractivity contribution in [2.24, 2.45) is 0 Å². The molecule has 0 bridgehead atoms. The van der Waals surface area contributed by atoms with Crippen LogP contribution < -0.4 is 4.90 Å². The number of hydrogen-bond acceptors (Lipinski definition) is 2. The molecule has 0 aliphatic heterocycles. The van der Waals surface area contributed by atoms with Crippen molar-refractivity contribution < 1.29 is 4.42 Å². The Morgan fingerprint density at radius 2 is 0.731 bits per heavy atom. The highest BCUT2D eigenvalue weighted by Gasteiger charge is 2.18. The first kappa shape index (κ1) is 31.1. The Morgan fingerprint density at radius 3 is 1.35 bits per heavy atom. The predicted molar refractivity (Wildman–Crippen MR) is 218 cm³/mol. The maximum Gasteiger partial charge on any atom is 0.135 e. The van der Waals surface area contributed by atoms with Crippen LogP contribution in [0.15, 0.2) is 217 Å². The molecule has 9 aromatic rings. The molecule has 9 rings (SSSR count). The van der Waals surface area contributed by atoms with Crippen LogP contribution in [0, 0.1) is 0 Å². The lowest BCUT2D eigenvalue weighted by molar-refractivity contribution is 0.631. The third-order valence-electron chi connectivity index (χ3n) is 9.63. The second-order valence-electron chi connectivity index (χ2n) is 13.0. The predicted octanol–water partition coefficient (Wildman–Crippen LogP) is 14.2. The Bertz CT molecular complexity index is 2510. The number of fused-ring (bicyclic) bond motifs is 1. The molecule has 0 unspecified atom stereocenters. The standard InChI is InChI=1S/C50H35NO/c1-4-14-36(15-5-1)40-21-12-22-41(30-40)39-26-28-46(29-27-39)51(47-24-13-23-42(32-47)50-35-43-20-10-11-25-49(43)52-50)48-33-44(37-16-6-2-7-17-37)31-45(34-48)38-18-8-3-9-19-38/h1-35H. The molecule has 0 radical (unpaired) electrons. The normalized spacial score (nSPS) is 11.1. The van der Waals surface area contributed by atoms with Crippen molar-refractivity contribution in [3.63, 3.8) is 0 Å². The Balaban J connectivity index is 1.19. The van der Waals surface area contributed by atoms with E-state index < -0.39 is 0 Å². The number of para-hydroxylation sites is 1. The highest BCUT2D eigenvalue weighted by Crippen LogP contribution is 2.42. The van der Waals surface area contributed by atoms with E-state index in [9.17, 15) is 0 Å². The van der Waals surface area contributed by atoms with Gasteiger partial charge in [0, 0.05) is 28.0 Å². The number of hydrogen-bond donors (Lipinski definition) is 0. The van der Waals surface area contributed by atoms with Gasteiger partial charge in [0.2, 0.25) is 0 Å². The van der Waals surface area contributed by atoms with E-state index in [-0.39, 0.29) is 0 Å². The zero-order valence-electron chi connectivity index (χ0n) is 28.6. The SMILES string of the molecule is c1ccc(-c2cccc(-c3ccc(N(c4cc(-c5ccccc5)cc(-c5ccccc5)c4)c4cccc(-c5cc6ccccc6o5)c4)cc3)c2)cc1. The summed E-state index contributed by atoms with van der Waals surface area (Å²) >= 11 is 0. The van der Waals surface area contributed by atoms with Crippen molar-refractivity contribution in [1.82, 2.24) is 0 Å². The summed E-state index contributed by atoms with van der Waals surface area (Å²) in [7, 11) is 0. The Hall–Kier alpha value is -6.90. The van der Waals surface area contributed by atoms with Crippen LogP contribution in [0.1, 0.15) is 0 Å². The van der Waals surface area contributed by atoms with E-state index in [2.05, 4.69) is 199 Å². The van der Waals surface area contributed by atoms with Crippen molar-refractivity contribution in [2.75, 3.05) is 4.90 Å². The molecule has 0 N–H and O–H groups in total. The van der Waals surface area contributed by atoms with Crippen LogP contribution in [0.5, 0.6) is 0 Å². The fraction of sp³-hybridized carbons (Fsp3) is 0. The van der Waals surface area contributed by atoms with Crippen molar-refractivity contribution in [2.45, 2.75) is 0 Å². The molecular formula is C50H35NO. The largest absolute Gasteiger partial charge is 0.456 e. The second-order valence-corrected chi connectivity index (χ2v) is 13.0. The lowest BCUT2D eigenvalue weighted by atomic mass is 9.97. The summed E-state index contributed by atoms with van der Waals surface area (Å²) in [5, 5.41) is 1.09. The van der Waals surface area contributed by atoms with Gasteiger partial charge in [0.1, 0.15) is 11.3 Å². The number of anilines is 3. The molecular weight excluding hydrogens is 631 g/mol. The lowest BCUT2D eigenvalue weighted by Gasteiger charge is -2.27. The maximum atomic E-state index is 6.34. The van der Waals surface area contributed by atoms with Crippen LogP contribution in [0.25, 0.3) is 66.8 Å². The van der Waals surface area contributed by atoms with E-state index in [4.69, 9.17) is 4.42 Å². The Kier molecular flexibility index (Phi) is 8.24. The molecule has 0 saturated carbocycles. The van der Waals surface area contributed by atoms with Gasteiger partial charge >= 0.3 is 0 Å². The van der Waals surface area contributed by atoms with Gasteiger partial charge in [-0.1, -0.05) is 152 Å². The van der Waals surface area contributed by atoms with E-state index in [1.165, 1.54) is 33.4 Å². The van der Waals surface area contributed by atoms with Crippen LogP contribution in [0.4, 0.5) is 17.1 Å². The van der Waals surface area contributed by atoms with Gasteiger partial charge in [-0.15, -0.1) is 0 Å². The van der Waals surface area contributed by atoms with Gasteiger partial charge in [-0.3, -0.25) is 0 Å². The number of nitrogens with zero attached hydrogens (tertiary/aromatic N) is 1. The maximum absolute atomic E-state index is 6.34. The third-order valence-corrected chi connectivity index (χ3v) is 9.63. The monoisotopic (exact) mass is 665 g/mol. The molecule has 1 aromatic heterocycles. The molecule has 2 nitrogen and oxygen atoms in total. The smallest absolute Gasteiger partial charge is 0.135 e. The first-order chi connectivity index (χ1) is 25.7. The van der Waals surface area contributed by atoms with E-state index >= 15 is 0 Å². The summed E-state index contributed by atoms with van der Waals surface area (Å²) in [6.45, 7) is 0. The minimum Gasteiger partial charge on any atom is -0.456 e. The average Bonchev–Trinajstić information content (AvgIpc) is 3.67. The van der Waals surface area contributed by atoms with E-state index in [1.807, 2.05) is 18.2 Å². The van der Waals surface area contributed by atoms with Crippen LogP contribution >= 0.6 is 0 Å². The second kappa shape index (κ2) is 13.8. The van der Waals surface area contributed by atoms with Gasteiger partial charge in [-0.25, -0.2) is 0 Å². The van der Waals surface area contributed by atoms with Crippen molar-refractivity contribution >= 4 is 28.0 Å². The molecule has 246 valence electrons. The molecule has 0 aliphatic rings.